The molecular weight excluding hydrogens is 428 g/mol. The third-order valence-electron chi connectivity index (χ3n) is 5.96. The number of amides is 3. The van der Waals surface area contributed by atoms with Crippen molar-refractivity contribution in [2.45, 2.75) is 44.7 Å². The van der Waals surface area contributed by atoms with Gasteiger partial charge in [-0.2, -0.15) is 0 Å². The topological polar surface area (TPSA) is 148 Å². The van der Waals surface area contributed by atoms with Crippen LogP contribution in [0.3, 0.4) is 0 Å². The minimum atomic E-state index is -0.719. The average molecular weight is 454 g/mol. The molecule has 11 nitrogen and oxygen atoms in total. The van der Waals surface area contributed by atoms with Crippen LogP contribution < -0.4 is 21.5 Å². The summed E-state index contributed by atoms with van der Waals surface area (Å²) in [4.78, 5) is 54.6. The van der Waals surface area contributed by atoms with Crippen LogP contribution in [0.1, 0.15) is 47.2 Å². The van der Waals surface area contributed by atoms with E-state index in [0.29, 0.717) is 43.7 Å². The fraction of sp³-hybridized carbons (Fsp3) is 0.455. The Hall–Kier alpha value is -3.76. The molecule has 3 atom stereocenters. The second-order valence-electron chi connectivity index (χ2n) is 8.28. The van der Waals surface area contributed by atoms with Crippen LogP contribution in [0.25, 0.3) is 0 Å². The van der Waals surface area contributed by atoms with Gasteiger partial charge in [0.25, 0.3) is 11.5 Å². The quantitative estimate of drug-likeness (QED) is 0.522. The van der Waals surface area contributed by atoms with Crippen LogP contribution in [0.15, 0.2) is 32.5 Å². The van der Waals surface area contributed by atoms with E-state index in [0.717, 1.165) is 0 Å². The van der Waals surface area contributed by atoms with E-state index in [2.05, 4.69) is 26.1 Å². The molecular formula is C22H26N6O5. The van der Waals surface area contributed by atoms with E-state index in [9.17, 15) is 19.2 Å². The van der Waals surface area contributed by atoms with E-state index >= 15 is 0 Å². The number of carbonyl (C=O) groups excluding carboxylic acids is 3. The molecule has 0 saturated carbocycles. The third kappa shape index (κ3) is 4.71. The first-order valence-electron chi connectivity index (χ1n) is 10.9. The molecule has 11 heteroatoms. The van der Waals surface area contributed by atoms with Gasteiger partial charge in [0.15, 0.2) is 5.69 Å². The van der Waals surface area contributed by atoms with Crippen LogP contribution >= 0.6 is 0 Å². The van der Waals surface area contributed by atoms with E-state index in [1.807, 2.05) is 0 Å². The summed E-state index contributed by atoms with van der Waals surface area (Å²) in [7, 11) is 1.61. The fourth-order valence-corrected chi connectivity index (χ4v) is 4.35. The number of anilines is 1. The van der Waals surface area contributed by atoms with Gasteiger partial charge in [0, 0.05) is 37.5 Å². The molecule has 2 aromatic rings. The molecule has 0 unspecified atom stereocenters. The molecule has 4 rings (SSSR count). The summed E-state index contributed by atoms with van der Waals surface area (Å²) < 4.78 is 6.32. The molecule has 2 aliphatic heterocycles. The van der Waals surface area contributed by atoms with Gasteiger partial charge in [-0.25, -0.2) is 0 Å². The third-order valence-corrected chi connectivity index (χ3v) is 5.96. The molecule has 0 radical (unpaired) electrons. The van der Waals surface area contributed by atoms with Crippen LogP contribution in [-0.4, -0.2) is 53.3 Å². The van der Waals surface area contributed by atoms with Crippen molar-refractivity contribution in [2.24, 2.45) is 10.9 Å². The van der Waals surface area contributed by atoms with Crippen LogP contribution in [0.4, 0.5) is 5.69 Å². The summed E-state index contributed by atoms with van der Waals surface area (Å²) in [6.45, 7) is 2.29. The molecule has 0 spiro atoms. The van der Waals surface area contributed by atoms with Gasteiger partial charge < -0.3 is 20.5 Å². The number of aliphatic imine (C=N–C) groups is 1. The van der Waals surface area contributed by atoms with Crippen molar-refractivity contribution in [3.63, 3.8) is 0 Å². The molecule has 4 heterocycles. The van der Waals surface area contributed by atoms with Gasteiger partial charge in [-0.15, -0.1) is 0 Å². The lowest BCUT2D eigenvalue weighted by atomic mass is 9.98. The van der Waals surface area contributed by atoms with E-state index in [1.54, 1.807) is 26.3 Å². The lowest BCUT2D eigenvalue weighted by Crippen LogP contribution is -2.43. The van der Waals surface area contributed by atoms with Crippen molar-refractivity contribution in [1.82, 2.24) is 20.4 Å². The summed E-state index contributed by atoms with van der Waals surface area (Å²) in [5.74, 6) is -0.632. The van der Waals surface area contributed by atoms with Gasteiger partial charge in [0.1, 0.15) is 17.5 Å². The van der Waals surface area contributed by atoms with Crippen molar-refractivity contribution in [2.75, 3.05) is 18.9 Å². The normalized spacial score (nSPS) is 20.5. The van der Waals surface area contributed by atoms with E-state index in [4.69, 9.17) is 4.52 Å². The first-order chi connectivity index (χ1) is 15.9. The van der Waals surface area contributed by atoms with E-state index in [1.165, 1.54) is 16.7 Å². The molecule has 0 aromatic carbocycles. The molecule has 3 amide bonds. The molecule has 0 aliphatic carbocycles. The summed E-state index contributed by atoms with van der Waals surface area (Å²) >= 11 is 0. The fourth-order valence-electron chi connectivity index (χ4n) is 4.35. The maximum atomic E-state index is 13.1. The number of aromatic nitrogens is 2. The first-order valence-corrected chi connectivity index (χ1v) is 10.9. The van der Waals surface area contributed by atoms with Gasteiger partial charge in [-0.05, 0) is 44.7 Å². The number of carbonyl (C=O) groups is 3. The first kappa shape index (κ1) is 22.4. The zero-order valence-corrected chi connectivity index (χ0v) is 18.5. The zero-order valence-electron chi connectivity index (χ0n) is 18.5. The van der Waals surface area contributed by atoms with Gasteiger partial charge >= 0.3 is 0 Å². The van der Waals surface area contributed by atoms with E-state index < -0.39 is 23.6 Å². The molecule has 33 heavy (non-hydrogen) atoms. The van der Waals surface area contributed by atoms with E-state index in [-0.39, 0.29) is 29.1 Å². The minimum absolute atomic E-state index is 0.0242. The van der Waals surface area contributed by atoms with Crippen LogP contribution in [-0.2, 0) is 16.0 Å². The maximum absolute atomic E-state index is 13.1. The molecule has 1 fully saturated rings. The molecule has 2 aliphatic rings. The van der Waals surface area contributed by atoms with Gasteiger partial charge in [-0.1, -0.05) is 5.16 Å². The van der Waals surface area contributed by atoms with Crippen LogP contribution in [0.5, 0.6) is 0 Å². The lowest BCUT2D eigenvalue weighted by molar-refractivity contribution is -0.126. The second-order valence-corrected chi connectivity index (χ2v) is 8.28. The molecule has 3 N–H and O–H groups in total. The molecule has 1 saturated heterocycles. The average Bonchev–Trinajstić information content (AvgIpc) is 3.51. The van der Waals surface area contributed by atoms with Crippen molar-refractivity contribution >= 4 is 29.6 Å². The lowest BCUT2D eigenvalue weighted by Gasteiger charge is -2.21. The maximum Gasteiger partial charge on any atom is 0.278 e. The summed E-state index contributed by atoms with van der Waals surface area (Å²) in [6.07, 6.45) is 3.78. The number of nitrogens with zero attached hydrogens (tertiary/aromatic N) is 3. The van der Waals surface area contributed by atoms with Crippen LogP contribution in [0.2, 0.25) is 0 Å². The highest BCUT2D eigenvalue weighted by molar-refractivity contribution is 6.02. The Morgan fingerprint density at radius 1 is 1.36 bits per heavy atom. The number of aryl methyl sites for hydroxylation is 2. The Bertz CT molecular complexity index is 1170. The van der Waals surface area contributed by atoms with Crippen LogP contribution in [0, 0.1) is 12.8 Å². The second kappa shape index (κ2) is 9.39. The highest BCUT2D eigenvalue weighted by atomic mass is 16.5. The summed E-state index contributed by atoms with van der Waals surface area (Å²) in [5.41, 5.74) is 0.364. The molecule has 2 aromatic heterocycles. The number of hydrogen-bond acceptors (Lipinski definition) is 7. The van der Waals surface area contributed by atoms with Gasteiger partial charge in [0.05, 0.1) is 6.04 Å². The summed E-state index contributed by atoms with van der Waals surface area (Å²) in [5, 5.41) is 11.9. The van der Waals surface area contributed by atoms with Crippen molar-refractivity contribution in [1.29, 1.82) is 0 Å². The Morgan fingerprint density at radius 3 is 2.85 bits per heavy atom. The Morgan fingerprint density at radius 2 is 2.18 bits per heavy atom. The predicted molar refractivity (Wildman–Crippen MR) is 119 cm³/mol. The number of rotatable bonds is 7. The Balaban J connectivity index is 1.51. The highest BCUT2D eigenvalue weighted by Gasteiger charge is 2.33. The smallest absolute Gasteiger partial charge is 0.278 e. The number of pyridine rings is 1. The highest BCUT2D eigenvalue weighted by Crippen LogP contribution is 2.25. The number of nitrogens with one attached hydrogen (secondary N) is 3. The Kier molecular flexibility index (Phi) is 6.38. The van der Waals surface area contributed by atoms with Crippen molar-refractivity contribution < 1.29 is 18.9 Å². The van der Waals surface area contributed by atoms with Gasteiger partial charge in [-0.3, -0.25) is 28.7 Å². The molecule has 0 bridgehead atoms. The largest absolute Gasteiger partial charge is 0.361 e. The standard InChI is InChI=1S/C22H26N6O5/c1-12-9-17(27-33-12)20(30)26-16-5-3-15-4-6-18(28(15)22(16)32)21(31)25-14(11-23-2)10-13-7-8-24-19(13)29/h3,5,9,11,13-14,18H,4,6-8,10H2,1-2H3,(H,24,29)(H,25,31)(H,26,30)/b23-11-/t13-,14-,18-/m0/s1. The monoisotopic (exact) mass is 454 g/mol. The molecule has 174 valence electrons. The van der Waals surface area contributed by atoms with Crippen molar-refractivity contribution in [3.8, 4) is 0 Å². The van der Waals surface area contributed by atoms with Crippen molar-refractivity contribution in [3.05, 3.63) is 45.7 Å². The predicted octanol–water partition coefficient (Wildman–Crippen LogP) is 0.596. The summed E-state index contributed by atoms with van der Waals surface area (Å²) in [6, 6.07) is 3.59. The van der Waals surface area contributed by atoms with Gasteiger partial charge in [0.2, 0.25) is 11.8 Å². The number of hydrogen-bond donors (Lipinski definition) is 3. The number of fused-ring (bicyclic) bond motifs is 1. The Labute approximate surface area is 189 Å². The SMILES string of the molecule is C/N=C\[C@H](C[C@@H]1CCNC1=O)NC(=O)[C@@H]1CCc2ccc(NC(=O)c3cc(C)on3)c(=O)n21. The minimum Gasteiger partial charge on any atom is -0.361 e. The zero-order chi connectivity index (χ0) is 23.5.